The Hall–Kier alpha value is -5.12. The molecule has 0 radical (unpaired) electrons. The van der Waals surface area contributed by atoms with E-state index in [-0.39, 0.29) is 23.9 Å². The lowest BCUT2D eigenvalue weighted by Crippen LogP contribution is -2.50. The molecule has 0 N–H and O–H groups in total. The van der Waals surface area contributed by atoms with Crippen molar-refractivity contribution >= 4 is 33.4 Å². The van der Waals surface area contributed by atoms with Gasteiger partial charge in [-0.2, -0.15) is 0 Å². The zero-order chi connectivity index (χ0) is 38.1. The third-order valence-electron chi connectivity index (χ3n) is 10.9. The van der Waals surface area contributed by atoms with Gasteiger partial charge in [-0.1, -0.05) is 167 Å². The third kappa shape index (κ3) is 8.64. The van der Waals surface area contributed by atoms with Gasteiger partial charge in [0.25, 0.3) is 11.8 Å². The average Bonchev–Trinajstić information content (AvgIpc) is 3.27. The van der Waals surface area contributed by atoms with Crippen molar-refractivity contribution in [1.29, 1.82) is 0 Å². The fraction of sp³-hybridized carbons (Fsp3) is 0.208. The summed E-state index contributed by atoms with van der Waals surface area (Å²) in [6, 6.07) is 58.6. The van der Waals surface area contributed by atoms with Crippen LogP contribution < -0.4 is 0 Å². The summed E-state index contributed by atoms with van der Waals surface area (Å²) >= 11 is 0. The Balaban J connectivity index is 0.912. The SMILES string of the molecule is O=C(c1ccccc1SSc1ccccc1C(=O)N1CCN(C(c2ccccc2)c2ccccc2)CC1)N1CCN(C(c2ccccc2)c2ccccc2)CC1. The molecule has 0 aromatic heterocycles. The lowest BCUT2D eigenvalue weighted by molar-refractivity contribution is 0.0588. The molecule has 8 heteroatoms. The van der Waals surface area contributed by atoms with Crippen LogP contribution >= 0.6 is 21.6 Å². The second-order valence-corrected chi connectivity index (χ2v) is 16.5. The molecule has 0 bridgehead atoms. The number of hydrogen-bond acceptors (Lipinski definition) is 6. The Labute approximate surface area is 338 Å². The molecule has 0 unspecified atom stereocenters. The van der Waals surface area contributed by atoms with Crippen LogP contribution in [0.4, 0.5) is 0 Å². The van der Waals surface area contributed by atoms with Crippen molar-refractivity contribution in [2.24, 2.45) is 0 Å². The Bertz CT molecular complexity index is 1950. The topological polar surface area (TPSA) is 47.1 Å². The fourth-order valence-corrected chi connectivity index (χ4v) is 10.3. The molecule has 282 valence electrons. The van der Waals surface area contributed by atoms with E-state index in [1.807, 2.05) is 58.3 Å². The highest BCUT2D eigenvalue weighted by molar-refractivity contribution is 8.76. The van der Waals surface area contributed by atoms with Gasteiger partial charge in [0.1, 0.15) is 0 Å². The van der Waals surface area contributed by atoms with E-state index in [4.69, 9.17) is 0 Å². The summed E-state index contributed by atoms with van der Waals surface area (Å²) in [6.45, 7) is 5.76. The second kappa shape index (κ2) is 18.2. The Morgan fingerprint density at radius 1 is 0.357 bits per heavy atom. The van der Waals surface area contributed by atoms with E-state index >= 15 is 0 Å². The zero-order valence-electron chi connectivity index (χ0n) is 31.4. The number of amides is 2. The van der Waals surface area contributed by atoms with E-state index in [9.17, 15) is 9.59 Å². The highest BCUT2D eigenvalue weighted by atomic mass is 33.1. The van der Waals surface area contributed by atoms with Crippen molar-refractivity contribution in [3.8, 4) is 0 Å². The molecule has 0 saturated carbocycles. The van der Waals surface area contributed by atoms with Crippen LogP contribution in [0.25, 0.3) is 0 Å². The van der Waals surface area contributed by atoms with E-state index in [1.54, 1.807) is 21.6 Å². The first kappa shape index (κ1) is 37.8. The first-order chi connectivity index (χ1) is 27.6. The summed E-state index contributed by atoms with van der Waals surface area (Å²) in [4.78, 5) is 39.0. The van der Waals surface area contributed by atoms with Crippen molar-refractivity contribution in [2.75, 3.05) is 52.4 Å². The minimum Gasteiger partial charge on any atom is -0.336 e. The largest absolute Gasteiger partial charge is 0.336 e. The molecule has 8 rings (SSSR count). The van der Waals surface area contributed by atoms with Crippen LogP contribution in [0.1, 0.15) is 55.1 Å². The number of piperazine rings is 2. The monoisotopic (exact) mass is 774 g/mol. The summed E-state index contributed by atoms with van der Waals surface area (Å²) in [5.41, 5.74) is 6.45. The molecule has 56 heavy (non-hydrogen) atoms. The Morgan fingerprint density at radius 2 is 0.625 bits per heavy atom. The van der Waals surface area contributed by atoms with Gasteiger partial charge >= 0.3 is 0 Å². The smallest absolute Gasteiger partial charge is 0.255 e. The predicted molar refractivity (Wildman–Crippen MR) is 229 cm³/mol. The van der Waals surface area contributed by atoms with Crippen molar-refractivity contribution in [3.05, 3.63) is 203 Å². The van der Waals surface area contributed by atoms with Gasteiger partial charge in [-0.3, -0.25) is 19.4 Å². The lowest BCUT2D eigenvalue weighted by Gasteiger charge is -2.40. The van der Waals surface area contributed by atoms with Gasteiger partial charge in [-0.15, -0.1) is 0 Å². The van der Waals surface area contributed by atoms with Crippen LogP contribution in [-0.2, 0) is 0 Å². The molecular weight excluding hydrogens is 729 g/mol. The highest BCUT2D eigenvalue weighted by Gasteiger charge is 2.31. The van der Waals surface area contributed by atoms with Crippen LogP contribution in [0.15, 0.2) is 180 Å². The van der Waals surface area contributed by atoms with Crippen molar-refractivity contribution in [3.63, 3.8) is 0 Å². The van der Waals surface area contributed by atoms with Crippen LogP contribution in [-0.4, -0.2) is 83.8 Å². The Morgan fingerprint density at radius 3 is 0.929 bits per heavy atom. The van der Waals surface area contributed by atoms with Gasteiger partial charge in [-0.05, 0) is 46.5 Å². The summed E-state index contributed by atoms with van der Waals surface area (Å²) in [5, 5.41) is 0. The van der Waals surface area contributed by atoms with Crippen molar-refractivity contribution in [1.82, 2.24) is 19.6 Å². The molecule has 2 heterocycles. The molecule has 2 aliphatic heterocycles. The van der Waals surface area contributed by atoms with Gasteiger partial charge < -0.3 is 9.80 Å². The van der Waals surface area contributed by atoms with E-state index in [0.29, 0.717) is 37.3 Å². The minimum absolute atomic E-state index is 0.0517. The standard InChI is InChI=1S/C48H46N4O2S2/c53-47(51-33-29-49(30-34-51)45(37-17-5-1-6-18-37)38-19-7-2-8-20-38)41-25-13-15-27-43(41)55-56-44-28-16-14-26-42(44)48(54)52-35-31-50(32-36-52)46(39-21-9-3-10-22-39)40-23-11-4-12-24-40/h1-28,45-46H,29-36H2. The molecule has 2 saturated heterocycles. The van der Waals surface area contributed by atoms with Gasteiger partial charge in [-0.25, -0.2) is 0 Å². The van der Waals surface area contributed by atoms with Gasteiger partial charge in [0.2, 0.25) is 0 Å². The molecule has 6 aromatic rings. The summed E-state index contributed by atoms with van der Waals surface area (Å²) < 4.78 is 0. The molecule has 0 aliphatic carbocycles. The summed E-state index contributed by atoms with van der Waals surface area (Å²) in [6.07, 6.45) is 0. The highest BCUT2D eigenvalue weighted by Crippen LogP contribution is 2.41. The Kier molecular flexibility index (Phi) is 12.3. The van der Waals surface area contributed by atoms with E-state index < -0.39 is 0 Å². The number of hydrogen-bond donors (Lipinski definition) is 0. The van der Waals surface area contributed by atoms with E-state index in [2.05, 4.69) is 131 Å². The molecule has 0 atom stereocenters. The van der Waals surface area contributed by atoms with E-state index in [1.165, 1.54) is 22.3 Å². The number of nitrogens with zero attached hydrogens (tertiary/aromatic N) is 4. The molecule has 2 fully saturated rings. The van der Waals surface area contributed by atoms with Crippen LogP contribution in [0.3, 0.4) is 0 Å². The summed E-state index contributed by atoms with van der Waals surface area (Å²) in [5.74, 6) is 0.103. The first-order valence-corrected chi connectivity index (χ1v) is 21.6. The van der Waals surface area contributed by atoms with Crippen LogP contribution in [0.2, 0.25) is 0 Å². The third-order valence-corrected chi connectivity index (χ3v) is 13.3. The maximum Gasteiger partial charge on any atom is 0.255 e. The van der Waals surface area contributed by atoms with Crippen molar-refractivity contribution < 1.29 is 9.59 Å². The molecule has 6 nitrogen and oxygen atoms in total. The van der Waals surface area contributed by atoms with Crippen LogP contribution in [0, 0.1) is 0 Å². The fourth-order valence-electron chi connectivity index (χ4n) is 8.00. The molecule has 6 aromatic carbocycles. The molecule has 0 spiro atoms. The number of carbonyl (C=O) groups is 2. The maximum absolute atomic E-state index is 14.1. The normalized spacial score (nSPS) is 15.3. The second-order valence-electron chi connectivity index (χ2n) is 14.3. The average molecular weight is 775 g/mol. The number of benzene rings is 6. The summed E-state index contributed by atoms with van der Waals surface area (Å²) in [7, 11) is 3.10. The molecule has 2 amide bonds. The predicted octanol–water partition coefficient (Wildman–Crippen LogP) is 9.58. The maximum atomic E-state index is 14.1. The van der Waals surface area contributed by atoms with Gasteiger partial charge in [0.05, 0.1) is 23.2 Å². The number of rotatable bonds is 11. The molecular formula is C48H46N4O2S2. The number of carbonyl (C=O) groups excluding carboxylic acids is 2. The van der Waals surface area contributed by atoms with Crippen LogP contribution in [0.5, 0.6) is 0 Å². The zero-order valence-corrected chi connectivity index (χ0v) is 33.0. The van der Waals surface area contributed by atoms with Gasteiger partial charge in [0.15, 0.2) is 0 Å². The first-order valence-electron chi connectivity index (χ1n) is 19.4. The minimum atomic E-state index is 0.0517. The lowest BCUT2D eigenvalue weighted by atomic mass is 9.96. The van der Waals surface area contributed by atoms with E-state index in [0.717, 1.165) is 36.0 Å². The quantitative estimate of drug-likeness (QED) is 0.122. The molecule has 2 aliphatic rings. The van der Waals surface area contributed by atoms with Crippen molar-refractivity contribution in [2.45, 2.75) is 21.9 Å². The van der Waals surface area contributed by atoms with Gasteiger partial charge in [0, 0.05) is 62.1 Å².